The third-order valence-corrected chi connectivity index (χ3v) is 3.27. The third kappa shape index (κ3) is 4.20. The number of amides is 1. The van der Waals surface area contributed by atoms with Crippen LogP contribution in [0.25, 0.3) is 0 Å². The van der Waals surface area contributed by atoms with Crippen LogP contribution < -0.4 is 10.5 Å². The van der Waals surface area contributed by atoms with Crippen LogP contribution >= 0.6 is 12.2 Å². The number of methoxy groups -OCH3 is 1. The van der Waals surface area contributed by atoms with Crippen molar-refractivity contribution in [3.63, 3.8) is 0 Å². The van der Waals surface area contributed by atoms with E-state index in [0.29, 0.717) is 29.3 Å². The van der Waals surface area contributed by atoms with Gasteiger partial charge in [-0.3, -0.25) is 4.79 Å². The van der Waals surface area contributed by atoms with Crippen LogP contribution in [-0.2, 0) is 0 Å². The second kappa shape index (κ2) is 7.24. The molecule has 0 aromatic heterocycles. The van der Waals surface area contributed by atoms with Gasteiger partial charge in [-0.1, -0.05) is 23.8 Å². The summed E-state index contributed by atoms with van der Waals surface area (Å²) in [5.74, 6) is 0.526. The van der Waals surface area contributed by atoms with Crippen molar-refractivity contribution in [1.82, 2.24) is 4.90 Å². The second-order valence-electron chi connectivity index (χ2n) is 5.01. The Balaban J connectivity index is 3.05. The van der Waals surface area contributed by atoms with E-state index in [4.69, 9.17) is 22.7 Å². The summed E-state index contributed by atoms with van der Waals surface area (Å²) in [4.78, 5) is 14.9. The molecule has 0 radical (unpaired) electrons. The van der Waals surface area contributed by atoms with Crippen LogP contribution in [0.3, 0.4) is 0 Å². The fraction of sp³-hybridized carbons (Fsp3) is 0.467. The Morgan fingerprint density at radius 2 is 2.10 bits per heavy atom. The Morgan fingerprint density at radius 3 is 2.60 bits per heavy atom. The lowest BCUT2D eigenvalue weighted by atomic mass is 10.1. The molecule has 1 aromatic carbocycles. The molecule has 0 aliphatic carbocycles. The molecular weight excluding hydrogens is 272 g/mol. The number of ether oxygens (including phenoxy) is 1. The average Bonchev–Trinajstić information content (AvgIpc) is 2.37. The largest absolute Gasteiger partial charge is 0.496 e. The highest BCUT2D eigenvalue weighted by atomic mass is 32.1. The van der Waals surface area contributed by atoms with E-state index in [1.54, 1.807) is 12.0 Å². The normalized spacial score (nSPS) is 10.4. The smallest absolute Gasteiger partial charge is 0.257 e. The molecule has 0 atom stereocenters. The Hall–Kier alpha value is -1.62. The number of nitrogens with zero attached hydrogens (tertiary/aromatic N) is 1. The van der Waals surface area contributed by atoms with Crippen LogP contribution in [0.5, 0.6) is 5.75 Å². The van der Waals surface area contributed by atoms with Gasteiger partial charge in [0.05, 0.1) is 17.7 Å². The number of carbonyl (C=O) groups is 1. The van der Waals surface area contributed by atoms with Gasteiger partial charge < -0.3 is 15.4 Å². The molecule has 0 bridgehead atoms. The first-order valence-corrected chi connectivity index (χ1v) is 7.01. The number of hydrogen-bond donors (Lipinski definition) is 1. The van der Waals surface area contributed by atoms with Gasteiger partial charge >= 0.3 is 0 Å². The first kappa shape index (κ1) is 16.4. The SMILES string of the molecule is COc1ccc(C)cc1C(=O)N(CCC(N)=S)C(C)C. The molecule has 20 heavy (non-hydrogen) atoms. The van der Waals surface area contributed by atoms with E-state index in [0.717, 1.165) is 5.56 Å². The molecule has 0 unspecified atom stereocenters. The molecular formula is C15H22N2O2S. The zero-order chi connectivity index (χ0) is 15.3. The standard InChI is InChI=1S/C15H22N2O2S/c1-10(2)17(8-7-14(16)20)15(18)12-9-11(3)5-6-13(12)19-4/h5-6,9-10H,7-8H2,1-4H3,(H2,16,20). The summed E-state index contributed by atoms with van der Waals surface area (Å²) >= 11 is 4.89. The predicted molar refractivity (Wildman–Crippen MR) is 85.3 cm³/mol. The highest BCUT2D eigenvalue weighted by Gasteiger charge is 2.22. The van der Waals surface area contributed by atoms with Crippen LogP contribution in [0.1, 0.15) is 36.2 Å². The van der Waals surface area contributed by atoms with Gasteiger partial charge in [-0.2, -0.15) is 0 Å². The summed E-state index contributed by atoms with van der Waals surface area (Å²) in [5.41, 5.74) is 7.12. The quantitative estimate of drug-likeness (QED) is 0.819. The number of benzene rings is 1. The Labute approximate surface area is 125 Å². The lowest BCUT2D eigenvalue weighted by Crippen LogP contribution is -2.39. The number of hydrogen-bond acceptors (Lipinski definition) is 3. The number of rotatable bonds is 6. The van der Waals surface area contributed by atoms with Gasteiger partial charge in [0.1, 0.15) is 5.75 Å². The number of thiocarbonyl (C=S) groups is 1. The molecule has 0 saturated carbocycles. The summed E-state index contributed by atoms with van der Waals surface area (Å²) in [7, 11) is 1.57. The summed E-state index contributed by atoms with van der Waals surface area (Å²) in [6, 6.07) is 5.65. The zero-order valence-electron chi connectivity index (χ0n) is 12.5. The Kier molecular flexibility index (Phi) is 5.95. The van der Waals surface area contributed by atoms with Gasteiger partial charge in [-0.25, -0.2) is 0 Å². The van der Waals surface area contributed by atoms with Crippen molar-refractivity contribution < 1.29 is 9.53 Å². The molecule has 4 nitrogen and oxygen atoms in total. The number of nitrogens with two attached hydrogens (primary N) is 1. The fourth-order valence-electron chi connectivity index (χ4n) is 1.97. The van der Waals surface area contributed by atoms with E-state index >= 15 is 0 Å². The molecule has 0 saturated heterocycles. The van der Waals surface area contributed by atoms with Crippen LogP contribution in [0.15, 0.2) is 18.2 Å². The minimum atomic E-state index is -0.0585. The minimum absolute atomic E-state index is 0.0585. The van der Waals surface area contributed by atoms with Gasteiger partial charge in [0.15, 0.2) is 0 Å². The maximum absolute atomic E-state index is 12.7. The monoisotopic (exact) mass is 294 g/mol. The van der Waals surface area contributed by atoms with Gasteiger partial charge in [0, 0.05) is 19.0 Å². The topological polar surface area (TPSA) is 55.6 Å². The van der Waals surface area contributed by atoms with Crippen LogP contribution in [0, 0.1) is 6.92 Å². The zero-order valence-corrected chi connectivity index (χ0v) is 13.3. The number of carbonyl (C=O) groups excluding carboxylic acids is 1. The molecule has 0 spiro atoms. The van der Waals surface area contributed by atoms with Gasteiger partial charge in [-0.05, 0) is 32.9 Å². The minimum Gasteiger partial charge on any atom is -0.496 e. The van der Waals surface area contributed by atoms with Crippen molar-refractivity contribution in [2.45, 2.75) is 33.2 Å². The van der Waals surface area contributed by atoms with E-state index in [1.807, 2.05) is 39.0 Å². The van der Waals surface area contributed by atoms with Crippen molar-refractivity contribution in [3.05, 3.63) is 29.3 Å². The van der Waals surface area contributed by atoms with Crippen LogP contribution in [-0.4, -0.2) is 35.5 Å². The molecule has 1 aromatic rings. The lowest BCUT2D eigenvalue weighted by Gasteiger charge is -2.27. The fourth-order valence-corrected chi connectivity index (χ4v) is 2.06. The average molecular weight is 294 g/mol. The Bertz CT molecular complexity index is 501. The molecule has 0 aliphatic rings. The van der Waals surface area contributed by atoms with Gasteiger partial charge in [0.25, 0.3) is 5.91 Å². The van der Waals surface area contributed by atoms with Crippen molar-refractivity contribution in [2.75, 3.05) is 13.7 Å². The van der Waals surface area contributed by atoms with E-state index < -0.39 is 0 Å². The summed E-state index contributed by atoms with van der Waals surface area (Å²) in [6.07, 6.45) is 0.521. The first-order valence-electron chi connectivity index (χ1n) is 6.60. The van der Waals surface area contributed by atoms with Crippen molar-refractivity contribution in [3.8, 4) is 5.75 Å². The van der Waals surface area contributed by atoms with E-state index in [9.17, 15) is 4.79 Å². The number of aryl methyl sites for hydroxylation is 1. The highest BCUT2D eigenvalue weighted by Crippen LogP contribution is 2.22. The molecule has 0 heterocycles. The van der Waals surface area contributed by atoms with E-state index in [1.165, 1.54) is 0 Å². The van der Waals surface area contributed by atoms with Crippen LogP contribution in [0.2, 0.25) is 0 Å². The summed E-state index contributed by atoms with van der Waals surface area (Å²) in [5, 5.41) is 0. The molecule has 2 N–H and O–H groups in total. The third-order valence-electron chi connectivity index (χ3n) is 3.07. The van der Waals surface area contributed by atoms with Gasteiger partial charge in [0.2, 0.25) is 0 Å². The van der Waals surface area contributed by atoms with Crippen molar-refractivity contribution >= 4 is 23.1 Å². The van der Waals surface area contributed by atoms with E-state index in [2.05, 4.69) is 0 Å². The molecule has 110 valence electrons. The molecule has 5 heteroatoms. The highest BCUT2D eigenvalue weighted by molar-refractivity contribution is 7.80. The predicted octanol–water partition coefficient (Wildman–Crippen LogP) is 2.53. The molecule has 1 rings (SSSR count). The first-order chi connectivity index (χ1) is 9.36. The van der Waals surface area contributed by atoms with E-state index in [-0.39, 0.29) is 11.9 Å². The molecule has 1 amide bonds. The maximum atomic E-state index is 12.7. The van der Waals surface area contributed by atoms with Crippen molar-refractivity contribution in [1.29, 1.82) is 0 Å². The lowest BCUT2D eigenvalue weighted by molar-refractivity contribution is 0.0708. The second-order valence-corrected chi connectivity index (χ2v) is 5.54. The maximum Gasteiger partial charge on any atom is 0.257 e. The van der Waals surface area contributed by atoms with Gasteiger partial charge in [-0.15, -0.1) is 0 Å². The Morgan fingerprint density at radius 1 is 1.45 bits per heavy atom. The van der Waals surface area contributed by atoms with Crippen molar-refractivity contribution in [2.24, 2.45) is 5.73 Å². The molecule has 0 aliphatic heterocycles. The van der Waals surface area contributed by atoms with Crippen LogP contribution in [0.4, 0.5) is 0 Å². The summed E-state index contributed by atoms with van der Waals surface area (Å²) in [6.45, 7) is 6.41. The summed E-state index contributed by atoms with van der Waals surface area (Å²) < 4.78 is 5.28. The molecule has 0 fully saturated rings.